The second-order valence-corrected chi connectivity index (χ2v) is 5.36. The molecule has 0 aromatic heterocycles. The molecular formula is C15H23FN2O. The number of carbonyl (C=O) groups excluding carboxylic acids is 1. The maximum absolute atomic E-state index is 13.2. The Morgan fingerprint density at radius 2 is 1.95 bits per heavy atom. The van der Waals surface area contributed by atoms with Crippen LogP contribution in [0.2, 0.25) is 0 Å². The van der Waals surface area contributed by atoms with Gasteiger partial charge in [-0.15, -0.1) is 0 Å². The number of nitrogens with one attached hydrogen (secondary N) is 2. The largest absolute Gasteiger partial charge is 0.374 e. The summed E-state index contributed by atoms with van der Waals surface area (Å²) in [7, 11) is 0. The number of anilines is 1. The van der Waals surface area contributed by atoms with Crippen molar-refractivity contribution in [3.63, 3.8) is 0 Å². The standard InChI is InChI=1S/C15H23FN2O/c1-10(2)5-6-17-15(19)12(4)18-14-8-11(3)7-13(16)9-14/h7-10,12,18H,5-6H2,1-4H3,(H,17,19). The van der Waals surface area contributed by atoms with Crippen LogP contribution in [0.25, 0.3) is 0 Å². The van der Waals surface area contributed by atoms with Crippen molar-refractivity contribution in [1.29, 1.82) is 0 Å². The molecule has 0 fully saturated rings. The fourth-order valence-electron chi connectivity index (χ4n) is 1.77. The Hall–Kier alpha value is -1.58. The van der Waals surface area contributed by atoms with Crippen molar-refractivity contribution in [3.8, 4) is 0 Å². The molecule has 0 aliphatic rings. The number of hydrogen-bond donors (Lipinski definition) is 2. The van der Waals surface area contributed by atoms with Crippen LogP contribution in [0.1, 0.15) is 32.8 Å². The van der Waals surface area contributed by atoms with Gasteiger partial charge in [-0.3, -0.25) is 4.79 Å². The van der Waals surface area contributed by atoms with Crippen LogP contribution in [0.5, 0.6) is 0 Å². The lowest BCUT2D eigenvalue weighted by Crippen LogP contribution is -2.38. The van der Waals surface area contributed by atoms with Crippen LogP contribution in [-0.2, 0) is 4.79 Å². The van der Waals surface area contributed by atoms with E-state index in [1.54, 1.807) is 6.92 Å². The average Bonchev–Trinajstić information content (AvgIpc) is 2.26. The van der Waals surface area contributed by atoms with Crippen LogP contribution >= 0.6 is 0 Å². The van der Waals surface area contributed by atoms with Crippen molar-refractivity contribution in [2.45, 2.75) is 40.2 Å². The van der Waals surface area contributed by atoms with E-state index in [1.807, 2.05) is 13.0 Å². The zero-order valence-corrected chi connectivity index (χ0v) is 12.1. The Balaban J connectivity index is 2.49. The molecule has 0 spiro atoms. The number of aryl methyl sites for hydroxylation is 1. The van der Waals surface area contributed by atoms with Crippen molar-refractivity contribution >= 4 is 11.6 Å². The summed E-state index contributed by atoms with van der Waals surface area (Å²) in [5, 5.41) is 5.88. The highest BCUT2D eigenvalue weighted by Gasteiger charge is 2.12. The van der Waals surface area contributed by atoms with E-state index in [1.165, 1.54) is 12.1 Å². The maximum Gasteiger partial charge on any atom is 0.242 e. The highest BCUT2D eigenvalue weighted by Crippen LogP contribution is 2.14. The molecule has 106 valence electrons. The zero-order chi connectivity index (χ0) is 14.4. The lowest BCUT2D eigenvalue weighted by Gasteiger charge is -2.16. The van der Waals surface area contributed by atoms with E-state index < -0.39 is 0 Å². The number of halogens is 1. The minimum absolute atomic E-state index is 0.0671. The summed E-state index contributed by atoms with van der Waals surface area (Å²) >= 11 is 0. The van der Waals surface area contributed by atoms with E-state index in [4.69, 9.17) is 0 Å². The molecule has 2 N–H and O–H groups in total. The summed E-state index contributed by atoms with van der Waals surface area (Å²) in [6, 6.07) is 4.29. The maximum atomic E-state index is 13.2. The molecular weight excluding hydrogens is 243 g/mol. The molecule has 3 nitrogen and oxygen atoms in total. The van der Waals surface area contributed by atoms with Gasteiger partial charge in [0.1, 0.15) is 11.9 Å². The first-order chi connectivity index (χ1) is 8.88. The second kappa shape index (κ2) is 7.12. The fourth-order valence-corrected chi connectivity index (χ4v) is 1.77. The first-order valence-electron chi connectivity index (χ1n) is 6.70. The molecule has 1 unspecified atom stereocenters. The van der Waals surface area contributed by atoms with Gasteiger partial charge in [0.15, 0.2) is 0 Å². The minimum atomic E-state index is -0.381. The highest BCUT2D eigenvalue weighted by atomic mass is 19.1. The fraction of sp³-hybridized carbons (Fsp3) is 0.533. The monoisotopic (exact) mass is 266 g/mol. The molecule has 0 heterocycles. The Morgan fingerprint density at radius 3 is 2.53 bits per heavy atom. The lowest BCUT2D eigenvalue weighted by molar-refractivity contribution is -0.121. The molecule has 0 aliphatic carbocycles. The van der Waals surface area contributed by atoms with E-state index in [0.717, 1.165) is 12.0 Å². The first kappa shape index (κ1) is 15.5. The molecule has 0 saturated heterocycles. The number of hydrogen-bond acceptors (Lipinski definition) is 2. The predicted octanol–water partition coefficient (Wildman–Crippen LogP) is 3.10. The van der Waals surface area contributed by atoms with E-state index in [-0.39, 0.29) is 17.8 Å². The molecule has 4 heteroatoms. The van der Waals surface area contributed by atoms with Crippen LogP contribution in [0, 0.1) is 18.7 Å². The molecule has 0 saturated carbocycles. The van der Waals surface area contributed by atoms with Gasteiger partial charge in [-0.25, -0.2) is 4.39 Å². The topological polar surface area (TPSA) is 41.1 Å². The summed E-state index contributed by atoms with van der Waals surface area (Å²) in [5.41, 5.74) is 1.46. The van der Waals surface area contributed by atoms with Gasteiger partial charge in [-0.2, -0.15) is 0 Å². The van der Waals surface area contributed by atoms with Crippen molar-refractivity contribution in [3.05, 3.63) is 29.6 Å². The van der Waals surface area contributed by atoms with E-state index in [0.29, 0.717) is 18.2 Å². The van der Waals surface area contributed by atoms with E-state index in [2.05, 4.69) is 24.5 Å². The zero-order valence-electron chi connectivity index (χ0n) is 12.1. The third-order valence-electron chi connectivity index (χ3n) is 2.84. The smallest absolute Gasteiger partial charge is 0.242 e. The van der Waals surface area contributed by atoms with E-state index in [9.17, 15) is 9.18 Å². The first-order valence-corrected chi connectivity index (χ1v) is 6.70. The Kier molecular flexibility index (Phi) is 5.80. The lowest BCUT2D eigenvalue weighted by atomic mass is 10.1. The number of benzene rings is 1. The van der Waals surface area contributed by atoms with Crippen molar-refractivity contribution in [2.75, 3.05) is 11.9 Å². The van der Waals surface area contributed by atoms with Crippen molar-refractivity contribution < 1.29 is 9.18 Å². The van der Waals surface area contributed by atoms with Crippen LogP contribution in [0.3, 0.4) is 0 Å². The quantitative estimate of drug-likeness (QED) is 0.830. The van der Waals surface area contributed by atoms with Crippen molar-refractivity contribution in [2.24, 2.45) is 5.92 Å². The molecule has 1 rings (SSSR count). The Bertz CT molecular complexity index is 412. The van der Waals surface area contributed by atoms with Crippen LogP contribution in [0.15, 0.2) is 18.2 Å². The normalized spacial score (nSPS) is 12.3. The second-order valence-electron chi connectivity index (χ2n) is 5.36. The van der Waals surface area contributed by atoms with Gasteiger partial charge in [0, 0.05) is 12.2 Å². The Morgan fingerprint density at radius 1 is 1.26 bits per heavy atom. The third kappa shape index (κ3) is 5.73. The third-order valence-corrected chi connectivity index (χ3v) is 2.84. The summed E-state index contributed by atoms with van der Waals surface area (Å²) in [5.74, 6) is 0.201. The number of carbonyl (C=O) groups is 1. The number of rotatable bonds is 6. The van der Waals surface area contributed by atoms with Gasteiger partial charge in [0.25, 0.3) is 0 Å². The minimum Gasteiger partial charge on any atom is -0.374 e. The molecule has 0 radical (unpaired) electrons. The molecule has 1 aromatic rings. The summed E-state index contributed by atoms with van der Waals surface area (Å²) in [6.07, 6.45) is 0.956. The molecule has 1 aromatic carbocycles. The summed E-state index contributed by atoms with van der Waals surface area (Å²) in [6.45, 7) is 8.49. The highest BCUT2D eigenvalue weighted by molar-refractivity contribution is 5.84. The van der Waals surface area contributed by atoms with Crippen LogP contribution < -0.4 is 10.6 Å². The molecule has 0 bridgehead atoms. The van der Waals surface area contributed by atoms with Gasteiger partial charge in [0.05, 0.1) is 0 Å². The molecule has 0 aliphatic heterocycles. The summed E-state index contributed by atoms with van der Waals surface area (Å²) < 4.78 is 13.2. The Labute approximate surface area is 114 Å². The van der Waals surface area contributed by atoms with Crippen LogP contribution in [0.4, 0.5) is 10.1 Å². The van der Waals surface area contributed by atoms with Gasteiger partial charge >= 0.3 is 0 Å². The van der Waals surface area contributed by atoms with Gasteiger partial charge < -0.3 is 10.6 Å². The van der Waals surface area contributed by atoms with Gasteiger partial charge in [-0.1, -0.05) is 13.8 Å². The van der Waals surface area contributed by atoms with Gasteiger partial charge in [0.2, 0.25) is 5.91 Å². The predicted molar refractivity (Wildman–Crippen MR) is 76.7 cm³/mol. The van der Waals surface area contributed by atoms with E-state index >= 15 is 0 Å². The van der Waals surface area contributed by atoms with Crippen LogP contribution in [-0.4, -0.2) is 18.5 Å². The SMILES string of the molecule is Cc1cc(F)cc(NC(C)C(=O)NCCC(C)C)c1. The molecule has 19 heavy (non-hydrogen) atoms. The molecule has 1 atom stereocenters. The summed E-state index contributed by atoms with van der Waals surface area (Å²) in [4.78, 5) is 11.8. The average molecular weight is 266 g/mol. The van der Waals surface area contributed by atoms with Crippen molar-refractivity contribution in [1.82, 2.24) is 5.32 Å². The number of amides is 1. The molecule has 1 amide bonds. The van der Waals surface area contributed by atoms with Gasteiger partial charge in [-0.05, 0) is 49.9 Å².